The first kappa shape index (κ1) is 15.8. The molecular weight excluding hydrogens is 275 g/mol. The van der Waals surface area contributed by atoms with Crippen molar-refractivity contribution in [1.82, 2.24) is 4.90 Å². The number of fused-ring (bicyclic) bond motifs is 1. The molecule has 0 spiro atoms. The van der Waals surface area contributed by atoms with Crippen molar-refractivity contribution in [2.24, 2.45) is 0 Å². The molecule has 1 aromatic carbocycles. The summed E-state index contributed by atoms with van der Waals surface area (Å²) in [6, 6.07) is 6.42. The second kappa shape index (κ2) is 6.19. The van der Waals surface area contributed by atoms with E-state index < -0.39 is 0 Å². The third-order valence-electron chi connectivity index (χ3n) is 5.24. The summed E-state index contributed by atoms with van der Waals surface area (Å²) in [5, 5.41) is 0. The van der Waals surface area contributed by atoms with Crippen LogP contribution < -0.4 is 4.90 Å². The van der Waals surface area contributed by atoms with Gasteiger partial charge in [-0.1, -0.05) is 39.7 Å². The molecule has 2 nitrogen and oxygen atoms in total. The number of rotatable bonds is 1. The largest absolute Gasteiger partial charge is 0.366 e. The Kier molecular flexibility index (Phi) is 4.44. The quantitative estimate of drug-likeness (QED) is 0.767. The maximum atomic E-state index is 14.6. The molecule has 0 amide bonds. The highest BCUT2D eigenvalue weighted by atomic mass is 19.1. The lowest BCUT2D eigenvalue weighted by molar-refractivity contribution is 0.180. The van der Waals surface area contributed by atoms with Gasteiger partial charge in [-0.25, -0.2) is 4.39 Å². The van der Waals surface area contributed by atoms with Gasteiger partial charge < -0.3 is 4.90 Å². The van der Waals surface area contributed by atoms with Crippen molar-refractivity contribution in [3.05, 3.63) is 29.6 Å². The molecular formula is C19H29FN2. The molecule has 0 N–H and O–H groups in total. The van der Waals surface area contributed by atoms with E-state index in [1.54, 1.807) is 6.07 Å². The van der Waals surface area contributed by atoms with Gasteiger partial charge in [-0.2, -0.15) is 0 Å². The Balaban J connectivity index is 1.77. The van der Waals surface area contributed by atoms with Crippen LogP contribution >= 0.6 is 0 Å². The average Bonchev–Trinajstić information content (AvgIpc) is 2.70. The number of piperazine rings is 1. The van der Waals surface area contributed by atoms with E-state index in [1.165, 1.54) is 32.2 Å². The molecule has 0 radical (unpaired) electrons. The summed E-state index contributed by atoms with van der Waals surface area (Å²) in [6.45, 7) is 10.6. The summed E-state index contributed by atoms with van der Waals surface area (Å²) in [6.07, 6.45) is 5.26. The molecule has 2 fully saturated rings. The first-order valence-electron chi connectivity index (χ1n) is 8.74. The van der Waals surface area contributed by atoms with E-state index in [4.69, 9.17) is 0 Å². The fourth-order valence-corrected chi connectivity index (χ4v) is 3.78. The summed E-state index contributed by atoms with van der Waals surface area (Å²) in [5.74, 6) is -0.0607. The van der Waals surface area contributed by atoms with E-state index in [0.29, 0.717) is 6.04 Å². The zero-order chi connectivity index (χ0) is 15.7. The number of halogens is 1. The minimum Gasteiger partial charge on any atom is -0.366 e. The van der Waals surface area contributed by atoms with Crippen LogP contribution in [-0.2, 0) is 5.41 Å². The average molecular weight is 304 g/mol. The third kappa shape index (κ3) is 3.29. The molecule has 1 aromatic rings. The highest BCUT2D eigenvalue weighted by Crippen LogP contribution is 2.30. The summed E-state index contributed by atoms with van der Waals surface area (Å²) >= 11 is 0. The van der Waals surface area contributed by atoms with Crippen molar-refractivity contribution in [2.75, 3.05) is 31.1 Å². The fraction of sp³-hybridized carbons (Fsp3) is 0.684. The molecule has 2 saturated heterocycles. The van der Waals surface area contributed by atoms with Crippen LogP contribution in [0, 0.1) is 5.82 Å². The van der Waals surface area contributed by atoms with Gasteiger partial charge in [0.25, 0.3) is 0 Å². The van der Waals surface area contributed by atoms with Gasteiger partial charge in [-0.05, 0) is 42.5 Å². The first-order valence-corrected chi connectivity index (χ1v) is 8.74. The van der Waals surface area contributed by atoms with E-state index in [-0.39, 0.29) is 11.2 Å². The monoisotopic (exact) mass is 304 g/mol. The normalized spacial score (nSPS) is 24.0. The molecule has 3 rings (SSSR count). The van der Waals surface area contributed by atoms with Crippen LogP contribution in [0.1, 0.15) is 52.0 Å². The topological polar surface area (TPSA) is 6.48 Å². The van der Waals surface area contributed by atoms with E-state index in [1.807, 2.05) is 6.07 Å². The molecule has 22 heavy (non-hydrogen) atoms. The zero-order valence-electron chi connectivity index (χ0n) is 14.2. The van der Waals surface area contributed by atoms with E-state index >= 15 is 0 Å². The Hall–Kier alpha value is -1.09. The molecule has 122 valence electrons. The predicted molar refractivity (Wildman–Crippen MR) is 91.1 cm³/mol. The maximum Gasteiger partial charge on any atom is 0.146 e. The Bertz CT molecular complexity index is 521. The van der Waals surface area contributed by atoms with Crippen molar-refractivity contribution in [1.29, 1.82) is 0 Å². The van der Waals surface area contributed by atoms with E-state index in [9.17, 15) is 4.39 Å². The molecule has 0 saturated carbocycles. The van der Waals surface area contributed by atoms with Crippen molar-refractivity contribution in [3.63, 3.8) is 0 Å². The number of nitrogens with zero attached hydrogens (tertiary/aromatic N) is 2. The fourth-order valence-electron chi connectivity index (χ4n) is 3.78. The Labute approximate surface area is 134 Å². The van der Waals surface area contributed by atoms with Crippen molar-refractivity contribution in [3.8, 4) is 0 Å². The maximum absolute atomic E-state index is 14.6. The van der Waals surface area contributed by atoms with Crippen LogP contribution in [0.15, 0.2) is 18.2 Å². The minimum absolute atomic E-state index is 0.000640. The lowest BCUT2D eigenvalue weighted by Gasteiger charge is -2.42. The van der Waals surface area contributed by atoms with Gasteiger partial charge in [0.15, 0.2) is 0 Å². The van der Waals surface area contributed by atoms with Gasteiger partial charge >= 0.3 is 0 Å². The van der Waals surface area contributed by atoms with Gasteiger partial charge in [0.2, 0.25) is 0 Å². The van der Waals surface area contributed by atoms with Crippen LogP contribution in [0.25, 0.3) is 0 Å². The van der Waals surface area contributed by atoms with Crippen molar-refractivity contribution in [2.45, 2.75) is 57.9 Å². The molecule has 3 heteroatoms. The number of benzene rings is 1. The summed E-state index contributed by atoms with van der Waals surface area (Å²) < 4.78 is 14.6. The molecule has 1 unspecified atom stereocenters. The molecule has 1 atom stereocenters. The standard InChI is InChI=1S/C19H29FN2/c1-19(2,3)15-8-9-18(17(20)13-15)22-12-11-21-10-6-4-5-7-16(21)14-22/h8-9,13,16H,4-7,10-12,14H2,1-3H3. The lowest BCUT2D eigenvalue weighted by atomic mass is 9.87. The van der Waals surface area contributed by atoms with Crippen molar-refractivity contribution >= 4 is 5.69 Å². The second-order valence-corrected chi connectivity index (χ2v) is 7.90. The summed E-state index contributed by atoms with van der Waals surface area (Å²) in [4.78, 5) is 4.87. The molecule has 2 aliphatic rings. The highest BCUT2D eigenvalue weighted by Gasteiger charge is 2.29. The number of hydrogen-bond donors (Lipinski definition) is 0. The van der Waals surface area contributed by atoms with E-state index in [0.717, 1.165) is 30.9 Å². The SMILES string of the molecule is CC(C)(C)c1ccc(N2CCN3CCCCCC3C2)c(F)c1. The third-order valence-corrected chi connectivity index (χ3v) is 5.24. The highest BCUT2D eigenvalue weighted by molar-refractivity contribution is 5.50. The lowest BCUT2D eigenvalue weighted by Crippen LogP contribution is -2.53. The number of anilines is 1. The zero-order valence-corrected chi connectivity index (χ0v) is 14.2. The second-order valence-electron chi connectivity index (χ2n) is 7.90. The molecule has 0 aromatic heterocycles. The van der Waals surface area contributed by atoms with Crippen LogP contribution in [0.4, 0.5) is 10.1 Å². The van der Waals surface area contributed by atoms with Crippen LogP contribution in [0.5, 0.6) is 0 Å². The van der Waals surface area contributed by atoms with Gasteiger partial charge in [0.1, 0.15) is 5.82 Å². The Morgan fingerprint density at radius 3 is 2.59 bits per heavy atom. The van der Waals surface area contributed by atoms with Crippen LogP contribution in [0.2, 0.25) is 0 Å². The van der Waals surface area contributed by atoms with Gasteiger partial charge in [0, 0.05) is 25.7 Å². The summed E-state index contributed by atoms with van der Waals surface area (Å²) in [5.41, 5.74) is 1.86. The van der Waals surface area contributed by atoms with Gasteiger partial charge in [0.05, 0.1) is 5.69 Å². The first-order chi connectivity index (χ1) is 10.4. The number of hydrogen-bond acceptors (Lipinski definition) is 2. The molecule has 0 aliphatic carbocycles. The molecule has 2 heterocycles. The van der Waals surface area contributed by atoms with Gasteiger partial charge in [-0.15, -0.1) is 0 Å². The molecule has 2 aliphatic heterocycles. The minimum atomic E-state index is -0.0607. The van der Waals surface area contributed by atoms with E-state index in [2.05, 4.69) is 36.6 Å². The van der Waals surface area contributed by atoms with Crippen LogP contribution in [-0.4, -0.2) is 37.1 Å². The molecule has 0 bridgehead atoms. The van der Waals surface area contributed by atoms with Crippen LogP contribution in [0.3, 0.4) is 0 Å². The Morgan fingerprint density at radius 1 is 1.05 bits per heavy atom. The summed E-state index contributed by atoms with van der Waals surface area (Å²) in [7, 11) is 0. The van der Waals surface area contributed by atoms with Gasteiger partial charge in [-0.3, -0.25) is 4.90 Å². The smallest absolute Gasteiger partial charge is 0.146 e. The predicted octanol–water partition coefficient (Wildman–Crippen LogP) is 4.19. The Morgan fingerprint density at radius 2 is 1.86 bits per heavy atom. The van der Waals surface area contributed by atoms with Crippen molar-refractivity contribution < 1.29 is 4.39 Å².